The van der Waals surface area contributed by atoms with Gasteiger partial charge in [-0.1, -0.05) is 29.8 Å². The van der Waals surface area contributed by atoms with Crippen LogP contribution in [0.1, 0.15) is 21.5 Å². The number of nitrogens with one attached hydrogen (secondary N) is 1. The normalized spacial score (nSPS) is 11.0. The lowest BCUT2D eigenvalue weighted by Crippen LogP contribution is -2.38. The summed E-state index contributed by atoms with van der Waals surface area (Å²) in [6, 6.07) is 19.4. The third-order valence-corrected chi connectivity index (χ3v) is 6.43. The molecule has 0 aliphatic carbocycles. The number of hydrogen-bond donors (Lipinski definition) is 2. The average molecular weight is 438 g/mol. The molecule has 0 heterocycles. The number of carbonyl (C=O) groups is 2. The standard InChI is InChI=1S/C23H23N3O4S/c1-16-6-12-21(13-7-16)31(29,30)26(20-5-3-4-17(2)14-20)15-22(27)25-19-10-8-18(9-11-19)23(24)28/h3-14H,15H2,1-2H3,(H2,24,28)(H,25,27). The molecule has 3 aromatic carbocycles. The summed E-state index contributed by atoms with van der Waals surface area (Å²) < 4.78 is 27.8. The van der Waals surface area contributed by atoms with Gasteiger partial charge in [-0.15, -0.1) is 0 Å². The number of anilines is 2. The van der Waals surface area contributed by atoms with Crippen LogP contribution >= 0.6 is 0 Å². The van der Waals surface area contributed by atoms with Gasteiger partial charge >= 0.3 is 0 Å². The number of nitrogens with zero attached hydrogens (tertiary/aromatic N) is 1. The number of rotatable bonds is 7. The van der Waals surface area contributed by atoms with Crippen molar-refractivity contribution in [3.8, 4) is 0 Å². The number of amides is 2. The number of aryl methyl sites for hydroxylation is 2. The Bertz CT molecular complexity index is 1200. The molecule has 3 aromatic rings. The molecule has 2 amide bonds. The van der Waals surface area contributed by atoms with Crippen molar-refractivity contribution >= 4 is 33.2 Å². The summed E-state index contributed by atoms with van der Waals surface area (Å²) in [5, 5.41) is 2.66. The molecule has 0 atom stereocenters. The first-order valence-electron chi connectivity index (χ1n) is 9.52. The first-order valence-corrected chi connectivity index (χ1v) is 11.0. The first-order chi connectivity index (χ1) is 14.7. The fraction of sp³-hybridized carbons (Fsp3) is 0.130. The van der Waals surface area contributed by atoms with Crippen molar-refractivity contribution in [1.29, 1.82) is 0 Å². The van der Waals surface area contributed by atoms with Crippen LogP contribution in [0.5, 0.6) is 0 Å². The number of nitrogens with two attached hydrogens (primary N) is 1. The largest absolute Gasteiger partial charge is 0.366 e. The maximum absolute atomic E-state index is 13.4. The minimum Gasteiger partial charge on any atom is -0.366 e. The van der Waals surface area contributed by atoms with Gasteiger partial charge in [-0.25, -0.2) is 8.42 Å². The van der Waals surface area contributed by atoms with Gasteiger partial charge in [-0.3, -0.25) is 13.9 Å². The molecule has 160 valence electrons. The van der Waals surface area contributed by atoms with E-state index in [1.165, 1.54) is 36.4 Å². The van der Waals surface area contributed by atoms with Gasteiger partial charge in [0, 0.05) is 11.3 Å². The van der Waals surface area contributed by atoms with E-state index in [2.05, 4.69) is 5.32 Å². The second-order valence-electron chi connectivity index (χ2n) is 7.15. The average Bonchev–Trinajstić information content (AvgIpc) is 2.72. The summed E-state index contributed by atoms with van der Waals surface area (Å²) in [7, 11) is -3.98. The van der Waals surface area contributed by atoms with Crippen LogP contribution in [0.25, 0.3) is 0 Å². The fourth-order valence-corrected chi connectivity index (χ4v) is 4.40. The summed E-state index contributed by atoms with van der Waals surface area (Å²) in [6.07, 6.45) is 0. The molecule has 31 heavy (non-hydrogen) atoms. The molecule has 0 aliphatic rings. The van der Waals surface area contributed by atoms with Crippen molar-refractivity contribution in [1.82, 2.24) is 0 Å². The van der Waals surface area contributed by atoms with Crippen molar-refractivity contribution in [2.75, 3.05) is 16.2 Å². The maximum Gasteiger partial charge on any atom is 0.264 e. The van der Waals surface area contributed by atoms with Crippen molar-refractivity contribution in [2.24, 2.45) is 5.73 Å². The molecule has 3 rings (SSSR count). The molecule has 0 radical (unpaired) electrons. The van der Waals surface area contributed by atoms with Crippen molar-refractivity contribution in [3.05, 3.63) is 89.5 Å². The zero-order valence-electron chi connectivity index (χ0n) is 17.2. The highest BCUT2D eigenvalue weighted by Gasteiger charge is 2.27. The minimum absolute atomic E-state index is 0.0956. The van der Waals surface area contributed by atoms with Crippen LogP contribution in [0.15, 0.2) is 77.7 Å². The van der Waals surface area contributed by atoms with E-state index < -0.39 is 28.4 Å². The van der Waals surface area contributed by atoms with Crippen LogP contribution in [-0.2, 0) is 14.8 Å². The minimum atomic E-state index is -3.98. The summed E-state index contributed by atoms with van der Waals surface area (Å²) >= 11 is 0. The maximum atomic E-state index is 13.4. The van der Waals surface area contributed by atoms with E-state index in [4.69, 9.17) is 5.73 Å². The van der Waals surface area contributed by atoms with Gasteiger partial charge in [-0.2, -0.15) is 0 Å². The van der Waals surface area contributed by atoms with Crippen molar-refractivity contribution in [3.63, 3.8) is 0 Å². The van der Waals surface area contributed by atoms with Crippen LogP contribution in [-0.4, -0.2) is 26.8 Å². The predicted octanol–water partition coefficient (Wildman–Crippen LogP) is 3.24. The second-order valence-corrected chi connectivity index (χ2v) is 9.02. The van der Waals surface area contributed by atoms with Crippen molar-refractivity contribution in [2.45, 2.75) is 18.7 Å². The molecule has 0 saturated heterocycles. The Morgan fingerprint density at radius 2 is 1.55 bits per heavy atom. The Hall–Kier alpha value is -3.65. The Morgan fingerprint density at radius 3 is 2.13 bits per heavy atom. The Morgan fingerprint density at radius 1 is 0.903 bits per heavy atom. The number of hydrogen-bond acceptors (Lipinski definition) is 4. The van der Waals surface area contributed by atoms with E-state index in [1.807, 2.05) is 19.9 Å². The van der Waals surface area contributed by atoms with Gasteiger partial charge in [0.05, 0.1) is 10.6 Å². The quantitative estimate of drug-likeness (QED) is 0.591. The molecular formula is C23H23N3O4S. The topological polar surface area (TPSA) is 110 Å². The highest BCUT2D eigenvalue weighted by Crippen LogP contribution is 2.25. The highest BCUT2D eigenvalue weighted by molar-refractivity contribution is 7.92. The van der Waals surface area contributed by atoms with Crippen LogP contribution in [0.4, 0.5) is 11.4 Å². The van der Waals surface area contributed by atoms with E-state index in [0.717, 1.165) is 15.4 Å². The van der Waals surface area contributed by atoms with E-state index in [9.17, 15) is 18.0 Å². The van der Waals surface area contributed by atoms with Gasteiger partial charge in [0.15, 0.2) is 0 Å². The fourth-order valence-electron chi connectivity index (χ4n) is 2.98. The number of benzene rings is 3. The zero-order chi connectivity index (χ0) is 22.6. The third kappa shape index (κ3) is 5.29. The van der Waals surface area contributed by atoms with Gasteiger partial charge < -0.3 is 11.1 Å². The molecule has 0 aliphatic heterocycles. The zero-order valence-corrected chi connectivity index (χ0v) is 18.0. The summed E-state index contributed by atoms with van der Waals surface area (Å²) in [5.74, 6) is -1.10. The molecule has 0 bridgehead atoms. The smallest absolute Gasteiger partial charge is 0.264 e. The number of carbonyl (C=O) groups excluding carboxylic acids is 2. The van der Waals surface area contributed by atoms with Gasteiger partial charge in [0.2, 0.25) is 11.8 Å². The van der Waals surface area contributed by atoms with E-state index in [-0.39, 0.29) is 4.90 Å². The monoisotopic (exact) mass is 437 g/mol. The van der Waals surface area contributed by atoms with Gasteiger partial charge in [0.1, 0.15) is 6.54 Å². The Labute approximate surface area is 181 Å². The number of primary amides is 1. The molecule has 0 aromatic heterocycles. The lowest BCUT2D eigenvalue weighted by molar-refractivity contribution is -0.114. The van der Waals surface area contributed by atoms with E-state index in [1.54, 1.807) is 30.3 Å². The SMILES string of the molecule is Cc1ccc(S(=O)(=O)N(CC(=O)Nc2ccc(C(N)=O)cc2)c2cccc(C)c2)cc1. The highest BCUT2D eigenvalue weighted by atomic mass is 32.2. The van der Waals surface area contributed by atoms with Crippen LogP contribution in [0.2, 0.25) is 0 Å². The Kier molecular flexibility index (Phi) is 6.41. The number of sulfonamides is 1. The van der Waals surface area contributed by atoms with E-state index >= 15 is 0 Å². The molecule has 7 nitrogen and oxygen atoms in total. The summed E-state index contributed by atoms with van der Waals surface area (Å²) in [4.78, 5) is 24.0. The lowest BCUT2D eigenvalue weighted by atomic mass is 10.2. The molecule has 0 fully saturated rings. The van der Waals surface area contributed by atoms with E-state index in [0.29, 0.717) is 16.9 Å². The van der Waals surface area contributed by atoms with Crippen LogP contribution in [0, 0.1) is 13.8 Å². The van der Waals surface area contributed by atoms with Crippen LogP contribution < -0.4 is 15.4 Å². The molecular weight excluding hydrogens is 414 g/mol. The van der Waals surface area contributed by atoms with Crippen LogP contribution in [0.3, 0.4) is 0 Å². The third-order valence-electron chi connectivity index (χ3n) is 4.64. The van der Waals surface area contributed by atoms with Gasteiger partial charge in [-0.05, 0) is 67.9 Å². The first kappa shape index (κ1) is 22.0. The lowest BCUT2D eigenvalue weighted by Gasteiger charge is -2.24. The molecule has 8 heteroatoms. The molecule has 0 saturated carbocycles. The summed E-state index contributed by atoms with van der Waals surface area (Å²) in [6.45, 7) is 3.30. The molecule has 0 unspecified atom stereocenters. The Balaban J connectivity index is 1.90. The molecule has 3 N–H and O–H groups in total. The van der Waals surface area contributed by atoms with Crippen molar-refractivity contribution < 1.29 is 18.0 Å². The molecule has 0 spiro atoms. The van der Waals surface area contributed by atoms with Gasteiger partial charge in [0.25, 0.3) is 10.0 Å². The second kappa shape index (κ2) is 9.01. The summed E-state index contributed by atoms with van der Waals surface area (Å²) in [5.41, 5.74) is 8.13. The predicted molar refractivity (Wildman–Crippen MR) is 120 cm³/mol.